The van der Waals surface area contributed by atoms with Gasteiger partial charge in [0.05, 0.1) is 0 Å². The third kappa shape index (κ3) is 2.75. The Kier molecular flexibility index (Phi) is 2.52. The van der Waals surface area contributed by atoms with E-state index in [1.54, 1.807) is 18.3 Å². The van der Waals surface area contributed by atoms with Gasteiger partial charge in [-0.1, -0.05) is 0 Å². The van der Waals surface area contributed by atoms with E-state index in [1.807, 2.05) is 26.8 Å². The molecule has 0 unspecified atom stereocenters. The van der Waals surface area contributed by atoms with Gasteiger partial charge < -0.3 is 4.74 Å². The molecular weight excluding hydrogens is 164 g/mol. The predicted octanol–water partition coefficient (Wildman–Crippen LogP) is 2.13. The molecule has 0 amide bonds. The van der Waals surface area contributed by atoms with Crippen molar-refractivity contribution in [1.82, 2.24) is 4.98 Å². The fourth-order valence-electron chi connectivity index (χ4n) is 0.887. The van der Waals surface area contributed by atoms with Gasteiger partial charge >= 0.3 is 0 Å². The van der Waals surface area contributed by atoms with Gasteiger partial charge in [-0.15, -0.1) is 0 Å². The first-order valence-corrected chi connectivity index (χ1v) is 4.07. The van der Waals surface area contributed by atoms with E-state index in [1.165, 1.54) is 0 Å². The van der Waals surface area contributed by atoms with Gasteiger partial charge in [-0.05, 0) is 32.9 Å². The summed E-state index contributed by atoms with van der Waals surface area (Å²) >= 11 is 0. The topological polar surface area (TPSA) is 45.9 Å². The molecule has 1 aromatic heterocycles. The van der Waals surface area contributed by atoms with Crippen LogP contribution >= 0.6 is 0 Å². The molecule has 1 aromatic rings. The zero-order valence-corrected chi connectivity index (χ0v) is 8.03. The Morgan fingerprint density at radius 2 is 2.15 bits per heavy atom. The highest BCUT2D eigenvalue weighted by Gasteiger charge is 2.14. The Bertz CT molecular complexity index is 334. The van der Waals surface area contributed by atoms with Crippen LogP contribution in [-0.4, -0.2) is 10.6 Å². The highest BCUT2D eigenvalue weighted by molar-refractivity contribution is 5.36. The molecule has 68 valence electrons. The average Bonchev–Trinajstić information content (AvgIpc) is 2.02. The number of nitriles is 1. The molecule has 0 spiro atoms. The van der Waals surface area contributed by atoms with Crippen LogP contribution < -0.4 is 4.74 Å². The van der Waals surface area contributed by atoms with Gasteiger partial charge in [-0.3, -0.25) is 0 Å². The Morgan fingerprint density at radius 3 is 2.69 bits per heavy atom. The van der Waals surface area contributed by atoms with Crippen LogP contribution in [0, 0.1) is 11.3 Å². The third-order valence-electron chi connectivity index (χ3n) is 1.29. The predicted molar refractivity (Wildman–Crippen MR) is 49.3 cm³/mol. The molecule has 3 heteroatoms. The molecule has 0 fully saturated rings. The van der Waals surface area contributed by atoms with Crippen LogP contribution in [0.5, 0.6) is 5.75 Å². The molecule has 0 aliphatic rings. The fourth-order valence-corrected chi connectivity index (χ4v) is 0.887. The van der Waals surface area contributed by atoms with Crippen molar-refractivity contribution in [3.63, 3.8) is 0 Å². The lowest BCUT2D eigenvalue weighted by molar-refractivity contribution is 0.130. The van der Waals surface area contributed by atoms with E-state index in [9.17, 15) is 0 Å². The smallest absolute Gasteiger partial charge is 0.182 e. The van der Waals surface area contributed by atoms with Crippen LogP contribution in [0.2, 0.25) is 0 Å². The summed E-state index contributed by atoms with van der Waals surface area (Å²) in [5, 5.41) is 8.72. The third-order valence-corrected chi connectivity index (χ3v) is 1.29. The van der Waals surface area contributed by atoms with Crippen molar-refractivity contribution >= 4 is 0 Å². The summed E-state index contributed by atoms with van der Waals surface area (Å²) in [5.74, 6) is 0.539. The number of ether oxygens (including phenoxy) is 1. The van der Waals surface area contributed by atoms with Crippen LogP contribution in [0.25, 0.3) is 0 Å². The first-order chi connectivity index (χ1) is 6.03. The second-order valence-corrected chi connectivity index (χ2v) is 3.68. The molecule has 0 aliphatic carbocycles. The Morgan fingerprint density at radius 1 is 1.46 bits per heavy atom. The van der Waals surface area contributed by atoms with E-state index in [4.69, 9.17) is 10.00 Å². The molecule has 3 nitrogen and oxygen atoms in total. The summed E-state index contributed by atoms with van der Waals surface area (Å²) in [6, 6.07) is 5.48. The number of aromatic nitrogens is 1. The highest BCUT2D eigenvalue weighted by Crippen LogP contribution is 2.19. The summed E-state index contributed by atoms with van der Waals surface area (Å²) in [4.78, 5) is 3.90. The van der Waals surface area contributed by atoms with Crippen LogP contribution in [0.3, 0.4) is 0 Å². The van der Waals surface area contributed by atoms with Crippen molar-refractivity contribution in [3.05, 3.63) is 24.0 Å². The maximum atomic E-state index is 8.72. The van der Waals surface area contributed by atoms with Crippen molar-refractivity contribution in [2.75, 3.05) is 0 Å². The van der Waals surface area contributed by atoms with Gasteiger partial charge in [0.2, 0.25) is 0 Å². The zero-order chi connectivity index (χ0) is 9.90. The van der Waals surface area contributed by atoms with Gasteiger partial charge in [0.25, 0.3) is 0 Å². The molecule has 0 saturated heterocycles. The second-order valence-electron chi connectivity index (χ2n) is 3.68. The van der Waals surface area contributed by atoms with E-state index in [-0.39, 0.29) is 5.60 Å². The molecule has 0 bridgehead atoms. The Hall–Kier alpha value is -1.56. The number of pyridine rings is 1. The minimum absolute atomic E-state index is 0.297. The van der Waals surface area contributed by atoms with Gasteiger partial charge in [0.1, 0.15) is 11.7 Å². The largest absolute Gasteiger partial charge is 0.485 e. The normalized spacial score (nSPS) is 10.6. The van der Waals surface area contributed by atoms with Crippen molar-refractivity contribution in [1.29, 1.82) is 5.26 Å². The van der Waals surface area contributed by atoms with Gasteiger partial charge in [0.15, 0.2) is 11.4 Å². The summed E-state index contributed by atoms with van der Waals surface area (Å²) in [6.07, 6.45) is 1.58. The van der Waals surface area contributed by atoms with Gasteiger partial charge in [-0.2, -0.15) is 5.26 Å². The van der Waals surface area contributed by atoms with Crippen LogP contribution in [0.15, 0.2) is 18.3 Å². The van der Waals surface area contributed by atoms with E-state index in [0.717, 1.165) is 0 Å². The average molecular weight is 176 g/mol. The van der Waals surface area contributed by atoms with Crippen LogP contribution in [-0.2, 0) is 0 Å². The number of nitrogens with zero attached hydrogens (tertiary/aromatic N) is 2. The Labute approximate surface area is 78.0 Å². The maximum Gasteiger partial charge on any atom is 0.182 e. The van der Waals surface area contributed by atoms with E-state index >= 15 is 0 Å². The molecule has 1 rings (SSSR count). The lowest BCUT2D eigenvalue weighted by Gasteiger charge is -2.21. The second kappa shape index (κ2) is 3.44. The van der Waals surface area contributed by atoms with E-state index in [0.29, 0.717) is 11.4 Å². The Balaban J connectivity index is 2.96. The summed E-state index contributed by atoms with van der Waals surface area (Å²) < 4.78 is 5.54. The summed E-state index contributed by atoms with van der Waals surface area (Å²) in [7, 11) is 0. The molecule has 0 aromatic carbocycles. The van der Waals surface area contributed by atoms with Crippen molar-refractivity contribution < 1.29 is 4.74 Å². The lowest BCUT2D eigenvalue weighted by atomic mass is 10.2. The fraction of sp³-hybridized carbons (Fsp3) is 0.400. The van der Waals surface area contributed by atoms with Gasteiger partial charge in [0, 0.05) is 6.20 Å². The summed E-state index contributed by atoms with van der Waals surface area (Å²) in [6.45, 7) is 5.80. The maximum absolute atomic E-state index is 8.72. The monoisotopic (exact) mass is 176 g/mol. The van der Waals surface area contributed by atoms with Gasteiger partial charge in [-0.25, -0.2) is 4.98 Å². The first kappa shape index (κ1) is 9.53. The first-order valence-electron chi connectivity index (χ1n) is 4.07. The molecule has 0 atom stereocenters. The minimum atomic E-state index is -0.297. The van der Waals surface area contributed by atoms with Crippen molar-refractivity contribution in [3.8, 4) is 11.8 Å². The SMILES string of the molecule is CC(C)(C)Oc1cccnc1C#N. The zero-order valence-electron chi connectivity index (χ0n) is 8.03. The molecule has 0 saturated carbocycles. The molecular formula is C10H12N2O. The molecule has 0 N–H and O–H groups in total. The van der Waals surface area contributed by atoms with Crippen LogP contribution in [0.4, 0.5) is 0 Å². The molecule has 0 radical (unpaired) electrons. The van der Waals surface area contributed by atoms with Crippen LogP contribution in [0.1, 0.15) is 26.5 Å². The van der Waals surface area contributed by atoms with Crippen molar-refractivity contribution in [2.24, 2.45) is 0 Å². The standard InChI is InChI=1S/C10H12N2O/c1-10(2,3)13-9-5-4-6-12-8(9)7-11/h4-6H,1-3H3. The lowest BCUT2D eigenvalue weighted by Crippen LogP contribution is -2.23. The number of rotatable bonds is 1. The van der Waals surface area contributed by atoms with E-state index < -0.39 is 0 Å². The molecule has 13 heavy (non-hydrogen) atoms. The summed E-state index contributed by atoms with van der Waals surface area (Å²) in [5.41, 5.74) is 0.0340. The molecule has 1 heterocycles. The number of hydrogen-bond acceptors (Lipinski definition) is 3. The quantitative estimate of drug-likeness (QED) is 0.658. The van der Waals surface area contributed by atoms with Crippen molar-refractivity contribution in [2.45, 2.75) is 26.4 Å². The van der Waals surface area contributed by atoms with E-state index in [2.05, 4.69) is 4.98 Å². The molecule has 0 aliphatic heterocycles. The number of hydrogen-bond donors (Lipinski definition) is 0. The minimum Gasteiger partial charge on any atom is -0.485 e. The highest BCUT2D eigenvalue weighted by atomic mass is 16.5.